The van der Waals surface area contributed by atoms with Crippen molar-refractivity contribution < 1.29 is 9.90 Å². The van der Waals surface area contributed by atoms with Crippen LogP contribution in [0.1, 0.15) is 40.5 Å². The zero-order valence-corrected chi connectivity index (χ0v) is 12.4. The molecule has 1 aliphatic heterocycles. The third-order valence-corrected chi connectivity index (χ3v) is 3.83. The molecule has 0 bridgehead atoms. The summed E-state index contributed by atoms with van der Waals surface area (Å²) in [5, 5.41) is 8.85. The van der Waals surface area contributed by atoms with Gasteiger partial charge in [-0.05, 0) is 40.2 Å². The van der Waals surface area contributed by atoms with Crippen LogP contribution in [0.5, 0.6) is 0 Å². The molecule has 1 saturated heterocycles. The van der Waals surface area contributed by atoms with Crippen LogP contribution in [0.25, 0.3) is 0 Å². The Labute approximate surface area is 111 Å². The molecule has 0 aromatic rings. The molecule has 1 fully saturated rings. The topological polar surface area (TPSA) is 43.8 Å². The lowest BCUT2D eigenvalue weighted by Crippen LogP contribution is -2.47. The minimum Gasteiger partial charge on any atom is -0.481 e. The number of aliphatic carboxylic acids is 1. The largest absolute Gasteiger partial charge is 0.481 e. The van der Waals surface area contributed by atoms with Gasteiger partial charge in [0.25, 0.3) is 0 Å². The fourth-order valence-corrected chi connectivity index (χ4v) is 2.69. The van der Waals surface area contributed by atoms with Crippen LogP contribution in [-0.2, 0) is 4.79 Å². The Hall–Kier alpha value is -0.610. The monoisotopic (exact) mass is 256 g/mol. The van der Waals surface area contributed by atoms with Gasteiger partial charge < -0.3 is 10.0 Å². The van der Waals surface area contributed by atoms with E-state index in [4.69, 9.17) is 5.11 Å². The average Bonchev–Trinajstić information content (AvgIpc) is 2.33. The third kappa shape index (κ3) is 4.58. The van der Waals surface area contributed by atoms with E-state index in [1.54, 1.807) is 0 Å². The molecule has 106 valence electrons. The highest BCUT2D eigenvalue weighted by atomic mass is 16.4. The van der Waals surface area contributed by atoms with Gasteiger partial charge in [-0.2, -0.15) is 0 Å². The van der Waals surface area contributed by atoms with E-state index in [2.05, 4.69) is 44.5 Å². The van der Waals surface area contributed by atoms with E-state index in [1.807, 2.05) is 0 Å². The minimum absolute atomic E-state index is 0.154. The van der Waals surface area contributed by atoms with Crippen molar-refractivity contribution >= 4 is 5.97 Å². The Kier molecular flexibility index (Phi) is 5.17. The normalized spacial score (nSPS) is 28.1. The molecule has 1 N–H and O–H groups in total. The van der Waals surface area contributed by atoms with Gasteiger partial charge in [0, 0.05) is 37.6 Å². The van der Waals surface area contributed by atoms with Crippen LogP contribution in [0.2, 0.25) is 0 Å². The molecule has 0 aliphatic carbocycles. The average molecular weight is 256 g/mol. The molecule has 2 unspecified atom stereocenters. The first kappa shape index (κ1) is 15.4. The summed E-state index contributed by atoms with van der Waals surface area (Å²) in [7, 11) is 2.12. The predicted molar refractivity (Wildman–Crippen MR) is 73.8 cm³/mol. The summed E-state index contributed by atoms with van der Waals surface area (Å²) in [5.74, 6) is -0.0629. The quantitative estimate of drug-likeness (QED) is 0.837. The van der Waals surface area contributed by atoms with Crippen molar-refractivity contribution in [2.24, 2.45) is 5.92 Å². The summed E-state index contributed by atoms with van der Waals surface area (Å²) in [6.45, 7) is 12.1. The Morgan fingerprint density at radius 3 is 2.39 bits per heavy atom. The zero-order valence-electron chi connectivity index (χ0n) is 12.4. The van der Waals surface area contributed by atoms with Crippen molar-refractivity contribution in [1.82, 2.24) is 9.80 Å². The first-order chi connectivity index (χ1) is 8.20. The number of carbonyl (C=O) groups is 1. The van der Waals surface area contributed by atoms with Gasteiger partial charge >= 0.3 is 5.97 Å². The van der Waals surface area contributed by atoms with Gasteiger partial charge in [-0.1, -0.05) is 6.92 Å². The lowest BCUT2D eigenvalue weighted by molar-refractivity contribution is -0.137. The smallest absolute Gasteiger partial charge is 0.303 e. The Bertz CT molecular complexity index is 286. The SMILES string of the molecule is CC1CN(C)C(CCC(=O)O)CN(C(C)(C)C)C1. The van der Waals surface area contributed by atoms with Crippen LogP contribution < -0.4 is 0 Å². The number of likely N-dealkylation sites (N-methyl/N-ethyl adjacent to an activating group) is 1. The van der Waals surface area contributed by atoms with E-state index in [0.717, 1.165) is 26.1 Å². The molecule has 1 aliphatic rings. The van der Waals surface area contributed by atoms with Crippen molar-refractivity contribution in [1.29, 1.82) is 0 Å². The highest BCUT2D eigenvalue weighted by Crippen LogP contribution is 2.22. The molecule has 0 aromatic heterocycles. The number of hydrogen-bond donors (Lipinski definition) is 1. The number of nitrogens with zero attached hydrogens (tertiary/aromatic N) is 2. The third-order valence-electron chi connectivity index (χ3n) is 3.83. The summed E-state index contributed by atoms with van der Waals surface area (Å²) in [4.78, 5) is 15.6. The molecule has 0 amide bonds. The van der Waals surface area contributed by atoms with E-state index in [0.29, 0.717) is 12.0 Å². The summed E-state index contributed by atoms with van der Waals surface area (Å²) in [6, 6.07) is 0.352. The van der Waals surface area contributed by atoms with Crippen molar-refractivity contribution in [2.45, 2.75) is 52.1 Å². The van der Waals surface area contributed by atoms with E-state index >= 15 is 0 Å². The van der Waals surface area contributed by atoms with Gasteiger partial charge in [-0.25, -0.2) is 0 Å². The van der Waals surface area contributed by atoms with Gasteiger partial charge in [0.1, 0.15) is 0 Å². The molecule has 0 radical (unpaired) electrons. The maximum Gasteiger partial charge on any atom is 0.303 e. The molecule has 0 aromatic carbocycles. The van der Waals surface area contributed by atoms with Crippen LogP contribution >= 0.6 is 0 Å². The molecule has 0 spiro atoms. The van der Waals surface area contributed by atoms with E-state index < -0.39 is 5.97 Å². The minimum atomic E-state index is -0.692. The lowest BCUT2D eigenvalue weighted by atomic mass is 10.0. The van der Waals surface area contributed by atoms with Crippen molar-refractivity contribution in [3.8, 4) is 0 Å². The van der Waals surface area contributed by atoms with Gasteiger partial charge in [0.05, 0.1) is 0 Å². The number of carboxylic acids is 1. The predicted octanol–water partition coefficient (Wildman–Crippen LogP) is 1.90. The second kappa shape index (κ2) is 6.02. The molecule has 2 atom stereocenters. The van der Waals surface area contributed by atoms with Crippen LogP contribution in [0, 0.1) is 5.92 Å². The Morgan fingerprint density at radius 1 is 1.28 bits per heavy atom. The van der Waals surface area contributed by atoms with Crippen molar-refractivity contribution in [2.75, 3.05) is 26.7 Å². The fourth-order valence-electron chi connectivity index (χ4n) is 2.69. The van der Waals surface area contributed by atoms with Crippen LogP contribution in [0.15, 0.2) is 0 Å². The van der Waals surface area contributed by atoms with Crippen molar-refractivity contribution in [3.63, 3.8) is 0 Å². The molecule has 1 heterocycles. The lowest BCUT2D eigenvalue weighted by Gasteiger charge is -2.37. The second-order valence-corrected chi connectivity index (χ2v) is 6.71. The first-order valence-electron chi connectivity index (χ1n) is 6.87. The Morgan fingerprint density at radius 2 is 1.89 bits per heavy atom. The van der Waals surface area contributed by atoms with E-state index in [-0.39, 0.29) is 12.0 Å². The summed E-state index contributed by atoms with van der Waals surface area (Å²) >= 11 is 0. The van der Waals surface area contributed by atoms with E-state index in [9.17, 15) is 4.79 Å². The van der Waals surface area contributed by atoms with Gasteiger partial charge in [0.15, 0.2) is 0 Å². The molecule has 4 nitrogen and oxygen atoms in total. The first-order valence-corrected chi connectivity index (χ1v) is 6.87. The summed E-state index contributed by atoms with van der Waals surface area (Å²) in [5.41, 5.74) is 0.154. The van der Waals surface area contributed by atoms with Gasteiger partial charge in [-0.3, -0.25) is 9.69 Å². The molecule has 0 saturated carbocycles. The van der Waals surface area contributed by atoms with Crippen molar-refractivity contribution in [3.05, 3.63) is 0 Å². The maximum absolute atomic E-state index is 10.7. The zero-order chi connectivity index (χ0) is 13.9. The highest BCUT2D eigenvalue weighted by molar-refractivity contribution is 5.66. The van der Waals surface area contributed by atoms with Gasteiger partial charge in [0.2, 0.25) is 0 Å². The van der Waals surface area contributed by atoms with E-state index in [1.165, 1.54) is 0 Å². The summed E-state index contributed by atoms with van der Waals surface area (Å²) < 4.78 is 0. The fraction of sp³-hybridized carbons (Fsp3) is 0.929. The highest BCUT2D eigenvalue weighted by Gasteiger charge is 2.31. The Balaban J connectivity index is 2.72. The maximum atomic E-state index is 10.7. The molecule has 4 heteroatoms. The summed E-state index contributed by atoms with van der Waals surface area (Å²) in [6.07, 6.45) is 1.01. The number of rotatable bonds is 3. The van der Waals surface area contributed by atoms with Gasteiger partial charge in [-0.15, -0.1) is 0 Å². The molecular weight excluding hydrogens is 228 g/mol. The van der Waals surface area contributed by atoms with Crippen LogP contribution in [0.4, 0.5) is 0 Å². The van der Waals surface area contributed by atoms with Crippen LogP contribution in [-0.4, -0.2) is 59.1 Å². The number of hydrogen-bond acceptors (Lipinski definition) is 3. The molecule has 18 heavy (non-hydrogen) atoms. The standard InChI is InChI=1S/C14H28N2O2/c1-11-8-15(5)12(6-7-13(17)18)10-16(9-11)14(2,3)4/h11-12H,6-10H2,1-5H3,(H,17,18). The molecular formula is C14H28N2O2. The number of carboxylic acid groups (broad SMARTS) is 1. The molecule has 1 rings (SSSR count). The second-order valence-electron chi connectivity index (χ2n) is 6.71. The van der Waals surface area contributed by atoms with Crippen LogP contribution in [0.3, 0.4) is 0 Å².